The summed E-state index contributed by atoms with van der Waals surface area (Å²) in [4.78, 5) is 19.2. The van der Waals surface area contributed by atoms with Gasteiger partial charge in [0.1, 0.15) is 5.76 Å². The molecule has 1 aliphatic carbocycles. The normalized spacial score (nSPS) is 13.6. The van der Waals surface area contributed by atoms with E-state index in [1.54, 1.807) is 6.26 Å². The van der Waals surface area contributed by atoms with Crippen LogP contribution in [0.3, 0.4) is 0 Å². The Labute approximate surface area is 181 Å². The van der Waals surface area contributed by atoms with Crippen molar-refractivity contribution in [2.24, 2.45) is 0 Å². The van der Waals surface area contributed by atoms with E-state index in [-0.39, 0.29) is 5.91 Å². The second-order valence-corrected chi connectivity index (χ2v) is 8.16. The first-order chi connectivity index (χ1) is 15.2. The van der Waals surface area contributed by atoms with Crippen molar-refractivity contribution in [1.82, 2.24) is 15.2 Å². The van der Waals surface area contributed by atoms with Crippen molar-refractivity contribution in [2.75, 3.05) is 0 Å². The minimum atomic E-state index is 0.0170. The fraction of sp³-hybridized carbons (Fsp3) is 0.231. The molecule has 1 amide bonds. The summed E-state index contributed by atoms with van der Waals surface area (Å²) < 4.78 is 5.61. The predicted octanol–water partition coefficient (Wildman–Crippen LogP) is 4.92. The Morgan fingerprint density at radius 3 is 2.58 bits per heavy atom. The zero-order valence-electron chi connectivity index (χ0n) is 17.3. The first-order valence-electron chi connectivity index (χ1n) is 10.7. The van der Waals surface area contributed by atoms with Crippen LogP contribution in [0.1, 0.15) is 40.1 Å². The molecular formula is C26H25N3O2. The molecule has 5 heteroatoms. The molecule has 1 N–H and O–H groups in total. The van der Waals surface area contributed by atoms with Crippen molar-refractivity contribution in [1.29, 1.82) is 0 Å². The van der Waals surface area contributed by atoms with Crippen LogP contribution in [0.25, 0.3) is 10.9 Å². The Kier molecular flexibility index (Phi) is 5.50. The van der Waals surface area contributed by atoms with Gasteiger partial charge in [0.15, 0.2) is 0 Å². The Morgan fingerprint density at radius 1 is 0.968 bits per heavy atom. The number of carbonyl (C=O) groups is 1. The molecule has 1 fully saturated rings. The summed E-state index contributed by atoms with van der Waals surface area (Å²) in [6.07, 6.45) is 5.73. The third-order valence-electron chi connectivity index (χ3n) is 5.60. The Hall–Kier alpha value is -3.44. The molecule has 0 radical (unpaired) electrons. The highest BCUT2D eigenvalue weighted by molar-refractivity contribution is 5.94. The number of pyridine rings is 1. The number of nitrogens with one attached hydrogen (secondary N) is 1. The molecule has 0 unspecified atom stereocenters. The third kappa shape index (κ3) is 4.84. The van der Waals surface area contributed by atoms with Crippen LogP contribution < -0.4 is 5.32 Å². The predicted molar refractivity (Wildman–Crippen MR) is 120 cm³/mol. The number of furan rings is 1. The van der Waals surface area contributed by atoms with Crippen molar-refractivity contribution < 1.29 is 9.21 Å². The first kappa shape index (κ1) is 19.5. The number of fused-ring (bicyclic) bond motifs is 1. The number of carbonyl (C=O) groups excluding carboxylic acids is 1. The molecule has 2 heterocycles. The van der Waals surface area contributed by atoms with Crippen molar-refractivity contribution in [2.45, 2.75) is 38.5 Å². The van der Waals surface area contributed by atoms with Crippen molar-refractivity contribution >= 4 is 16.8 Å². The summed E-state index contributed by atoms with van der Waals surface area (Å²) in [5.41, 5.74) is 4.08. The van der Waals surface area contributed by atoms with Gasteiger partial charge < -0.3 is 9.73 Å². The van der Waals surface area contributed by atoms with E-state index in [9.17, 15) is 4.79 Å². The summed E-state index contributed by atoms with van der Waals surface area (Å²) >= 11 is 0. The molecule has 0 spiro atoms. The van der Waals surface area contributed by atoms with E-state index in [4.69, 9.17) is 4.42 Å². The van der Waals surface area contributed by atoms with E-state index >= 15 is 0 Å². The maximum atomic E-state index is 12.3. The van der Waals surface area contributed by atoms with Crippen LogP contribution in [-0.4, -0.2) is 21.8 Å². The van der Waals surface area contributed by atoms with Crippen LogP contribution in [-0.2, 0) is 19.6 Å². The summed E-state index contributed by atoms with van der Waals surface area (Å²) in [5, 5.41) is 4.18. The van der Waals surface area contributed by atoms with E-state index in [2.05, 4.69) is 39.5 Å². The van der Waals surface area contributed by atoms with E-state index in [0.29, 0.717) is 18.2 Å². The molecule has 0 bridgehead atoms. The maximum absolute atomic E-state index is 12.3. The fourth-order valence-electron chi connectivity index (χ4n) is 3.84. The number of hydrogen-bond acceptors (Lipinski definition) is 4. The van der Waals surface area contributed by atoms with Gasteiger partial charge in [-0.25, -0.2) is 0 Å². The molecule has 1 aliphatic rings. The molecule has 0 aliphatic heterocycles. The fourth-order valence-corrected chi connectivity index (χ4v) is 3.84. The summed E-state index contributed by atoms with van der Waals surface area (Å²) in [6.45, 7) is 2.19. The number of aromatic nitrogens is 1. The lowest BCUT2D eigenvalue weighted by Crippen LogP contribution is -2.25. The lowest BCUT2D eigenvalue weighted by atomic mass is 10.1. The van der Waals surface area contributed by atoms with Gasteiger partial charge in [-0.1, -0.05) is 36.4 Å². The molecule has 31 heavy (non-hydrogen) atoms. The molecule has 5 nitrogen and oxygen atoms in total. The topological polar surface area (TPSA) is 58.4 Å². The monoisotopic (exact) mass is 411 g/mol. The van der Waals surface area contributed by atoms with E-state index in [0.717, 1.165) is 48.2 Å². The first-order valence-corrected chi connectivity index (χ1v) is 10.7. The average Bonchev–Trinajstić information content (AvgIpc) is 3.46. The Morgan fingerprint density at radius 2 is 1.81 bits per heavy atom. The lowest BCUT2D eigenvalue weighted by molar-refractivity contribution is 0.0951. The highest BCUT2D eigenvalue weighted by Crippen LogP contribution is 2.22. The maximum Gasteiger partial charge on any atom is 0.251 e. The molecular weight excluding hydrogens is 386 g/mol. The van der Waals surface area contributed by atoms with Gasteiger partial charge in [0.05, 0.1) is 18.3 Å². The SMILES string of the molecule is O=C(NC1CC1)c1ccc(CN(Cc2ccco2)Cc2cccc3cccnc23)cc1. The van der Waals surface area contributed by atoms with E-state index < -0.39 is 0 Å². The minimum absolute atomic E-state index is 0.0170. The minimum Gasteiger partial charge on any atom is -0.468 e. The summed E-state index contributed by atoms with van der Waals surface area (Å²) in [5.74, 6) is 0.942. The highest BCUT2D eigenvalue weighted by Gasteiger charge is 2.23. The molecule has 156 valence electrons. The van der Waals surface area contributed by atoms with Gasteiger partial charge in [0.2, 0.25) is 0 Å². The van der Waals surface area contributed by atoms with Crippen LogP contribution in [0, 0.1) is 0 Å². The van der Waals surface area contributed by atoms with Crippen LogP contribution in [0.4, 0.5) is 0 Å². The van der Waals surface area contributed by atoms with Crippen molar-refractivity contribution in [3.05, 3.63) is 102 Å². The Balaban J connectivity index is 1.35. The molecule has 1 saturated carbocycles. The van der Waals surface area contributed by atoms with Gasteiger partial charge in [-0.3, -0.25) is 14.7 Å². The number of hydrogen-bond donors (Lipinski definition) is 1. The third-order valence-corrected chi connectivity index (χ3v) is 5.60. The van der Waals surface area contributed by atoms with E-state index in [1.807, 2.05) is 48.7 Å². The quantitative estimate of drug-likeness (QED) is 0.447. The zero-order valence-corrected chi connectivity index (χ0v) is 17.3. The van der Waals surface area contributed by atoms with Crippen LogP contribution in [0.5, 0.6) is 0 Å². The zero-order chi connectivity index (χ0) is 21.0. The summed E-state index contributed by atoms with van der Waals surface area (Å²) in [7, 11) is 0. The molecule has 0 atom stereocenters. The van der Waals surface area contributed by atoms with Gasteiger partial charge in [-0.2, -0.15) is 0 Å². The molecule has 4 aromatic rings. The molecule has 0 saturated heterocycles. The van der Waals surface area contributed by atoms with Crippen molar-refractivity contribution in [3.63, 3.8) is 0 Å². The smallest absolute Gasteiger partial charge is 0.251 e. The van der Waals surface area contributed by atoms with Crippen LogP contribution in [0.15, 0.2) is 83.6 Å². The second kappa shape index (κ2) is 8.74. The lowest BCUT2D eigenvalue weighted by Gasteiger charge is -2.22. The number of rotatable bonds is 8. The largest absolute Gasteiger partial charge is 0.468 e. The molecule has 5 rings (SSSR count). The van der Waals surface area contributed by atoms with Gasteiger partial charge in [0.25, 0.3) is 5.91 Å². The second-order valence-electron chi connectivity index (χ2n) is 8.16. The van der Waals surface area contributed by atoms with Crippen LogP contribution >= 0.6 is 0 Å². The molecule has 2 aromatic carbocycles. The standard InChI is InChI=1S/C26H25N3O2/c30-26(28-23-12-13-23)21-10-8-19(9-11-21)16-29(18-24-7-3-15-31-24)17-22-5-1-4-20-6-2-14-27-25(20)22/h1-11,14-15,23H,12-13,16-18H2,(H,28,30). The number of para-hydroxylation sites is 1. The van der Waals surface area contributed by atoms with Gasteiger partial charge in [-0.15, -0.1) is 0 Å². The van der Waals surface area contributed by atoms with Gasteiger partial charge >= 0.3 is 0 Å². The van der Waals surface area contributed by atoms with E-state index in [1.165, 1.54) is 5.56 Å². The van der Waals surface area contributed by atoms with Crippen molar-refractivity contribution in [3.8, 4) is 0 Å². The highest BCUT2D eigenvalue weighted by atomic mass is 16.3. The van der Waals surface area contributed by atoms with Crippen LogP contribution in [0.2, 0.25) is 0 Å². The number of benzene rings is 2. The molecule has 2 aromatic heterocycles. The average molecular weight is 412 g/mol. The number of nitrogens with zero attached hydrogens (tertiary/aromatic N) is 2. The number of amides is 1. The summed E-state index contributed by atoms with van der Waals surface area (Å²) in [6, 6.07) is 22.6. The Bertz CT molecular complexity index is 1160. The van der Waals surface area contributed by atoms with Gasteiger partial charge in [0, 0.05) is 36.3 Å². The van der Waals surface area contributed by atoms with Gasteiger partial charge in [-0.05, 0) is 54.3 Å².